The largest absolute Gasteiger partial charge is 0.497 e. The first kappa shape index (κ1) is 18.5. The number of tetrazole rings is 1. The highest BCUT2D eigenvalue weighted by Gasteiger charge is 2.28. The molecule has 1 atom stereocenters. The predicted octanol–water partition coefficient (Wildman–Crippen LogP) is 2.49. The van der Waals surface area contributed by atoms with E-state index in [1.165, 1.54) is 6.33 Å². The summed E-state index contributed by atoms with van der Waals surface area (Å²) in [6.45, 7) is 1.89. The van der Waals surface area contributed by atoms with E-state index < -0.39 is 0 Å². The number of nitrogens with zero attached hydrogens (tertiary/aromatic N) is 6. The molecule has 2 heterocycles. The van der Waals surface area contributed by atoms with Crippen molar-refractivity contribution in [3.05, 3.63) is 60.4 Å². The molecule has 0 radical (unpaired) electrons. The van der Waals surface area contributed by atoms with Gasteiger partial charge in [-0.25, -0.2) is 4.68 Å². The molecule has 1 amide bonds. The molecule has 1 N–H and O–H groups in total. The first-order valence-corrected chi connectivity index (χ1v) is 9.04. The van der Waals surface area contributed by atoms with Gasteiger partial charge in [0.15, 0.2) is 0 Å². The maximum atomic E-state index is 12.6. The Balaban J connectivity index is 1.42. The van der Waals surface area contributed by atoms with E-state index in [2.05, 4.69) is 31.0 Å². The van der Waals surface area contributed by atoms with Gasteiger partial charge >= 0.3 is 0 Å². The van der Waals surface area contributed by atoms with E-state index in [1.54, 1.807) is 11.8 Å². The highest BCUT2D eigenvalue weighted by atomic mass is 16.5. The normalized spacial score (nSPS) is 15.6. The minimum absolute atomic E-state index is 0.108. The summed E-state index contributed by atoms with van der Waals surface area (Å²) in [6, 6.07) is 14.9. The molecule has 29 heavy (non-hydrogen) atoms. The second-order valence-corrected chi connectivity index (χ2v) is 6.56. The Morgan fingerprint density at radius 1 is 1.10 bits per heavy atom. The van der Waals surface area contributed by atoms with Gasteiger partial charge in [0.1, 0.15) is 12.1 Å². The zero-order chi connectivity index (χ0) is 20.2. The number of amides is 1. The van der Waals surface area contributed by atoms with Crippen LogP contribution in [0.25, 0.3) is 5.69 Å². The third-order valence-electron chi connectivity index (χ3n) is 4.69. The van der Waals surface area contributed by atoms with Crippen LogP contribution in [0.2, 0.25) is 0 Å². The first-order chi connectivity index (χ1) is 14.1. The Morgan fingerprint density at radius 3 is 2.52 bits per heavy atom. The Kier molecular flexibility index (Phi) is 5.10. The van der Waals surface area contributed by atoms with Crippen molar-refractivity contribution in [3.63, 3.8) is 0 Å². The number of hydrogen-bond donors (Lipinski definition) is 1. The van der Waals surface area contributed by atoms with Crippen molar-refractivity contribution in [3.8, 4) is 11.4 Å². The van der Waals surface area contributed by atoms with Crippen LogP contribution in [0.5, 0.6) is 5.75 Å². The van der Waals surface area contributed by atoms with Gasteiger partial charge < -0.3 is 10.1 Å². The van der Waals surface area contributed by atoms with E-state index in [0.29, 0.717) is 5.69 Å². The highest BCUT2D eigenvalue weighted by Crippen LogP contribution is 2.24. The second kappa shape index (κ2) is 8.01. The average molecular weight is 389 g/mol. The van der Waals surface area contributed by atoms with Crippen molar-refractivity contribution in [2.45, 2.75) is 13.3 Å². The molecule has 1 unspecified atom stereocenters. The van der Waals surface area contributed by atoms with E-state index in [0.717, 1.165) is 28.4 Å². The molecule has 0 saturated heterocycles. The van der Waals surface area contributed by atoms with Crippen LogP contribution in [0.3, 0.4) is 0 Å². The molecule has 0 bridgehead atoms. The standard InChI is InChI=1S/C20H19N7O2/c1-13-18(20(24-23-13)14-3-9-17(29-2)10-4-14)11-19(28)22-15-5-7-16(8-6-15)27-12-21-25-26-27/h3-10,12,18H,11H2,1-2H3,(H,22,28). The zero-order valence-corrected chi connectivity index (χ0v) is 16.0. The summed E-state index contributed by atoms with van der Waals surface area (Å²) in [5, 5.41) is 22.5. The van der Waals surface area contributed by atoms with Crippen LogP contribution in [0, 0.1) is 5.92 Å². The molecule has 0 spiro atoms. The second-order valence-electron chi connectivity index (χ2n) is 6.56. The van der Waals surface area contributed by atoms with Crippen molar-refractivity contribution >= 4 is 23.0 Å². The SMILES string of the molecule is COc1ccc(C2=NN=C(C)C2CC(=O)Nc2ccc(-n3cnnn3)cc2)cc1. The van der Waals surface area contributed by atoms with Gasteiger partial charge in [0.2, 0.25) is 5.91 Å². The molecule has 9 heteroatoms. The van der Waals surface area contributed by atoms with Crippen LogP contribution < -0.4 is 10.1 Å². The van der Waals surface area contributed by atoms with Gasteiger partial charge in [-0.15, -0.1) is 5.10 Å². The van der Waals surface area contributed by atoms with Gasteiger partial charge in [-0.2, -0.15) is 10.2 Å². The van der Waals surface area contributed by atoms with E-state index >= 15 is 0 Å². The van der Waals surface area contributed by atoms with Crippen LogP contribution in [-0.4, -0.2) is 44.6 Å². The molecule has 1 aliphatic rings. The lowest BCUT2D eigenvalue weighted by Crippen LogP contribution is -2.25. The lowest BCUT2D eigenvalue weighted by molar-refractivity contribution is -0.116. The van der Waals surface area contributed by atoms with Crippen LogP contribution in [0.15, 0.2) is 65.1 Å². The van der Waals surface area contributed by atoms with Crippen molar-refractivity contribution in [2.24, 2.45) is 16.1 Å². The quantitative estimate of drug-likeness (QED) is 0.697. The zero-order valence-electron chi connectivity index (χ0n) is 16.0. The average Bonchev–Trinajstić information content (AvgIpc) is 3.40. The first-order valence-electron chi connectivity index (χ1n) is 9.04. The van der Waals surface area contributed by atoms with Gasteiger partial charge in [0.25, 0.3) is 0 Å². The number of rotatable bonds is 6. The molecule has 0 saturated carbocycles. The summed E-state index contributed by atoms with van der Waals surface area (Å²) >= 11 is 0. The molecule has 0 fully saturated rings. The summed E-state index contributed by atoms with van der Waals surface area (Å²) in [5.41, 5.74) is 4.03. The number of benzene rings is 2. The van der Waals surface area contributed by atoms with Gasteiger partial charge in [0, 0.05) is 17.8 Å². The minimum atomic E-state index is -0.163. The Labute approximate surface area is 167 Å². The van der Waals surface area contributed by atoms with Crippen molar-refractivity contribution in [2.75, 3.05) is 12.4 Å². The van der Waals surface area contributed by atoms with Crippen LogP contribution >= 0.6 is 0 Å². The number of anilines is 1. The summed E-state index contributed by atoms with van der Waals surface area (Å²) < 4.78 is 6.74. The molecule has 1 aromatic heterocycles. The summed E-state index contributed by atoms with van der Waals surface area (Å²) in [6.07, 6.45) is 1.77. The molecular formula is C20H19N7O2. The van der Waals surface area contributed by atoms with Gasteiger partial charge in [-0.3, -0.25) is 4.79 Å². The molecular weight excluding hydrogens is 370 g/mol. The van der Waals surface area contributed by atoms with Gasteiger partial charge in [-0.05, 0) is 71.4 Å². The summed E-state index contributed by atoms with van der Waals surface area (Å²) in [7, 11) is 1.62. The molecule has 3 aromatic rings. The Bertz CT molecular complexity index is 1060. The maximum Gasteiger partial charge on any atom is 0.225 e. The predicted molar refractivity (Wildman–Crippen MR) is 109 cm³/mol. The summed E-state index contributed by atoms with van der Waals surface area (Å²) in [5.74, 6) is 0.496. The number of methoxy groups -OCH3 is 1. The number of hydrogen-bond acceptors (Lipinski definition) is 7. The van der Waals surface area contributed by atoms with Crippen molar-refractivity contribution < 1.29 is 9.53 Å². The van der Waals surface area contributed by atoms with Crippen LogP contribution in [0.4, 0.5) is 5.69 Å². The number of carbonyl (C=O) groups is 1. The van der Waals surface area contributed by atoms with E-state index in [-0.39, 0.29) is 18.2 Å². The van der Waals surface area contributed by atoms with Gasteiger partial charge in [0.05, 0.1) is 24.4 Å². The number of carbonyl (C=O) groups excluding carboxylic acids is 1. The Hall–Kier alpha value is -3.88. The molecule has 4 rings (SSSR count). The fourth-order valence-corrected chi connectivity index (χ4v) is 3.11. The van der Waals surface area contributed by atoms with E-state index in [9.17, 15) is 4.79 Å². The molecule has 0 aliphatic carbocycles. The van der Waals surface area contributed by atoms with Crippen LogP contribution in [-0.2, 0) is 4.79 Å². The minimum Gasteiger partial charge on any atom is -0.497 e. The number of aromatic nitrogens is 4. The molecule has 146 valence electrons. The monoisotopic (exact) mass is 389 g/mol. The third kappa shape index (κ3) is 4.03. The molecule has 2 aromatic carbocycles. The van der Waals surface area contributed by atoms with Crippen molar-refractivity contribution in [1.82, 2.24) is 20.2 Å². The molecule has 1 aliphatic heterocycles. The van der Waals surface area contributed by atoms with Crippen molar-refractivity contribution in [1.29, 1.82) is 0 Å². The lowest BCUT2D eigenvalue weighted by atomic mass is 9.90. The van der Waals surface area contributed by atoms with E-state index in [4.69, 9.17) is 4.74 Å². The summed E-state index contributed by atoms with van der Waals surface area (Å²) in [4.78, 5) is 12.6. The highest BCUT2D eigenvalue weighted by molar-refractivity contribution is 6.18. The molecule has 9 nitrogen and oxygen atoms in total. The third-order valence-corrected chi connectivity index (χ3v) is 4.69. The fraction of sp³-hybridized carbons (Fsp3) is 0.200. The fourth-order valence-electron chi connectivity index (χ4n) is 3.11. The number of nitrogens with one attached hydrogen (secondary N) is 1. The lowest BCUT2D eigenvalue weighted by Gasteiger charge is -2.14. The number of ether oxygens (including phenoxy) is 1. The smallest absolute Gasteiger partial charge is 0.225 e. The van der Waals surface area contributed by atoms with Crippen LogP contribution in [0.1, 0.15) is 18.9 Å². The Morgan fingerprint density at radius 2 is 1.86 bits per heavy atom. The topological polar surface area (TPSA) is 107 Å². The van der Waals surface area contributed by atoms with E-state index in [1.807, 2.05) is 55.5 Å². The van der Waals surface area contributed by atoms with Gasteiger partial charge in [-0.1, -0.05) is 0 Å². The maximum absolute atomic E-state index is 12.6.